The highest BCUT2D eigenvalue weighted by Gasteiger charge is 2.33. The number of nitrogens with one attached hydrogen (secondary N) is 1. The minimum atomic E-state index is -4.40. The van der Waals surface area contributed by atoms with Gasteiger partial charge < -0.3 is 11.1 Å². The van der Waals surface area contributed by atoms with Crippen molar-refractivity contribution in [3.63, 3.8) is 0 Å². The first-order valence-corrected chi connectivity index (χ1v) is 6.29. The molecule has 0 aliphatic rings. The van der Waals surface area contributed by atoms with Crippen molar-refractivity contribution in [2.75, 3.05) is 0 Å². The van der Waals surface area contributed by atoms with Crippen molar-refractivity contribution in [2.24, 2.45) is 10.7 Å². The maximum Gasteiger partial charge on any atom is 0.434 e. The van der Waals surface area contributed by atoms with Crippen LogP contribution in [0.4, 0.5) is 13.2 Å². The van der Waals surface area contributed by atoms with E-state index in [0.29, 0.717) is 0 Å². The second-order valence-corrected chi connectivity index (χ2v) is 4.72. The molecule has 1 aromatic rings. The van der Waals surface area contributed by atoms with Crippen molar-refractivity contribution >= 4 is 41.3 Å². The number of nitrogens with two attached hydrogens (primary N) is 1. The number of aromatic nitrogens is 1. The maximum atomic E-state index is 12.3. The predicted molar refractivity (Wildman–Crippen MR) is 80.7 cm³/mol. The normalized spacial score (nSPS) is 13.8. The first-order valence-electron chi connectivity index (χ1n) is 5.41. The summed E-state index contributed by atoms with van der Waals surface area (Å²) in [6.45, 7) is 3.98. The van der Waals surface area contributed by atoms with E-state index in [2.05, 4.69) is 15.3 Å². The summed E-state index contributed by atoms with van der Waals surface area (Å²) in [5.74, 6) is 0.216. The second kappa shape index (κ2) is 7.88. The topological polar surface area (TPSA) is 63.3 Å². The van der Waals surface area contributed by atoms with Crippen LogP contribution < -0.4 is 11.1 Å². The fourth-order valence-corrected chi connectivity index (χ4v) is 1.79. The number of hydrogen-bond acceptors (Lipinski definition) is 3. The summed E-state index contributed by atoms with van der Waals surface area (Å²) in [7, 11) is 0. The zero-order valence-corrected chi connectivity index (χ0v) is 13.6. The minimum Gasteiger partial charge on any atom is -0.370 e. The Hall–Kier alpha value is -0.580. The predicted octanol–water partition coefficient (Wildman–Crippen LogP) is 2.98. The molecule has 19 heavy (non-hydrogen) atoms. The summed E-state index contributed by atoms with van der Waals surface area (Å²) >= 11 is 0.922. The smallest absolute Gasteiger partial charge is 0.370 e. The molecule has 0 amide bonds. The number of nitrogens with zero attached hydrogens (tertiary/aromatic N) is 2. The van der Waals surface area contributed by atoms with Gasteiger partial charge in [0, 0.05) is 11.4 Å². The van der Waals surface area contributed by atoms with Crippen molar-refractivity contribution in [3.8, 4) is 0 Å². The molecule has 0 fully saturated rings. The monoisotopic (exact) mass is 408 g/mol. The molecule has 0 aromatic carbocycles. The highest BCUT2D eigenvalue weighted by molar-refractivity contribution is 14.0. The molecule has 1 heterocycles. The summed E-state index contributed by atoms with van der Waals surface area (Å²) in [5, 5.41) is 4.18. The lowest BCUT2D eigenvalue weighted by molar-refractivity contribution is -0.140. The van der Waals surface area contributed by atoms with Gasteiger partial charge in [-0.15, -0.1) is 35.3 Å². The number of halogens is 4. The van der Waals surface area contributed by atoms with Crippen LogP contribution in [0.25, 0.3) is 0 Å². The van der Waals surface area contributed by atoms with Gasteiger partial charge in [-0.05, 0) is 13.3 Å². The van der Waals surface area contributed by atoms with E-state index in [1.54, 1.807) is 0 Å². The fourth-order valence-electron chi connectivity index (χ4n) is 1.07. The molecule has 1 rings (SSSR count). The van der Waals surface area contributed by atoms with E-state index in [4.69, 9.17) is 5.73 Å². The molecule has 0 radical (unpaired) electrons. The lowest BCUT2D eigenvalue weighted by Crippen LogP contribution is -2.38. The first kappa shape index (κ1) is 18.4. The second-order valence-electron chi connectivity index (χ2n) is 3.78. The van der Waals surface area contributed by atoms with Crippen LogP contribution in [0.15, 0.2) is 10.4 Å². The summed E-state index contributed by atoms with van der Waals surface area (Å²) in [6.07, 6.45) is -3.52. The summed E-state index contributed by atoms with van der Waals surface area (Å²) in [6, 6.07) is 0.177. The molecule has 0 spiro atoms. The number of thiazole rings is 1. The molecule has 0 aliphatic heterocycles. The number of aliphatic imine (C=N–C) groups is 1. The van der Waals surface area contributed by atoms with Gasteiger partial charge in [0.05, 0.1) is 6.54 Å². The first-order chi connectivity index (χ1) is 8.32. The summed E-state index contributed by atoms with van der Waals surface area (Å²) in [4.78, 5) is 7.40. The van der Waals surface area contributed by atoms with Crippen LogP contribution in [-0.2, 0) is 12.7 Å². The van der Waals surface area contributed by atoms with Crippen molar-refractivity contribution in [1.29, 1.82) is 0 Å². The Bertz CT molecular complexity index is 419. The van der Waals surface area contributed by atoms with Gasteiger partial charge in [-0.1, -0.05) is 6.92 Å². The maximum absolute atomic E-state index is 12.3. The molecule has 0 bridgehead atoms. The number of guanidine groups is 1. The van der Waals surface area contributed by atoms with Crippen LogP contribution in [0.3, 0.4) is 0 Å². The van der Waals surface area contributed by atoms with Gasteiger partial charge in [-0.25, -0.2) is 9.98 Å². The Morgan fingerprint density at radius 2 is 2.21 bits per heavy atom. The van der Waals surface area contributed by atoms with Gasteiger partial charge in [-0.2, -0.15) is 13.2 Å². The van der Waals surface area contributed by atoms with Crippen LogP contribution in [0, 0.1) is 0 Å². The molecule has 1 atom stereocenters. The van der Waals surface area contributed by atoms with Crippen molar-refractivity contribution < 1.29 is 13.2 Å². The van der Waals surface area contributed by atoms with Gasteiger partial charge in [0.1, 0.15) is 5.01 Å². The third-order valence-corrected chi connectivity index (χ3v) is 3.07. The number of alkyl halides is 3. The van der Waals surface area contributed by atoms with Crippen LogP contribution in [-0.4, -0.2) is 17.0 Å². The fraction of sp³-hybridized carbons (Fsp3) is 0.600. The van der Waals surface area contributed by atoms with Crippen molar-refractivity contribution in [1.82, 2.24) is 10.3 Å². The van der Waals surface area contributed by atoms with E-state index in [1.807, 2.05) is 13.8 Å². The van der Waals surface area contributed by atoms with Crippen molar-refractivity contribution in [2.45, 2.75) is 39.0 Å². The molecular weight excluding hydrogens is 392 g/mol. The van der Waals surface area contributed by atoms with Gasteiger partial charge in [0.2, 0.25) is 0 Å². The van der Waals surface area contributed by atoms with E-state index in [0.717, 1.165) is 23.1 Å². The van der Waals surface area contributed by atoms with Crippen LogP contribution in [0.5, 0.6) is 0 Å². The minimum absolute atomic E-state index is 0. The molecule has 9 heteroatoms. The molecule has 110 valence electrons. The van der Waals surface area contributed by atoms with E-state index in [9.17, 15) is 13.2 Å². The molecule has 4 nitrogen and oxygen atoms in total. The largest absolute Gasteiger partial charge is 0.434 e. The van der Waals surface area contributed by atoms with Gasteiger partial charge in [-0.3, -0.25) is 0 Å². The Labute approximate surface area is 130 Å². The molecule has 0 aliphatic carbocycles. The standard InChI is InChI=1S/C10H15F3N4S.HI/c1-3-6(2)16-9(14)15-4-8-17-7(5-18-8)10(11,12)13;/h5-6H,3-4H2,1-2H3,(H3,14,15,16);1H. The Morgan fingerprint density at radius 1 is 1.58 bits per heavy atom. The van der Waals surface area contributed by atoms with Gasteiger partial charge >= 0.3 is 6.18 Å². The van der Waals surface area contributed by atoms with Crippen molar-refractivity contribution in [3.05, 3.63) is 16.1 Å². The SMILES string of the molecule is CCC(C)NC(N)=NCc1nc(C(F)(F)F)cs1.I. The van der Waals surface area contributed by atoms with E-state index in [1.165, 1.54) is 0 Å². The average Bonchev–Trinajstić information content (AvgIpc) is 2.74. The lowest BCUT2D eigenvalue weighted by Gasteiger charge is -2.11. The Balaban J connectivity index is 0.00000324. The third kappa shape index (κ3) is 6.41. The number of rotatable bonds is 4. The lowest BCUT2D eigenvalue weighted by atomic mass is 10.3. The molecule has 3 N–H and O–H groups in total. The average molecular weight is 408 g/mol. The zero-order valence-electron chi connectivity index (χ0n) is 10.5. The quantitative estimate of drug-likeness (QED) is 0.458. The van der Waals surface area contributed by atoms with Gasteiger partial charge in [0.15, 0.2) is 11.7 Å². The third-order valence-electron chi connectivity index (χ3n) is 2.23. The van der Waals surface area contributed by atoms with E-state index >= 15 is 0 Å². The summed E-state index contributed by atoms with van der Waals surface area (Å²) in [5.41, 5.74) is 4.70. The molecule has 1 unspecified atom stereocenters. The zero-order chi connectivity index (χ0) is 13.8. The van der Waals surface area contributed by atoms with Crippen LogP contribution in [0.2, 0.25) is 0 Å². The summed E-state index contributed by atoms with van der Waals surface area (Å²) < 4.78 is 36.9. The van der Waals surface area contributed by atoms with Crippen LogP contribution >= 0.6 is 35.3 Å². The highest BCUT2D eigenvalue weighted by atomic mass is 127. The molecule has 0 saturated carbocycles. The Kier molecular flexibility index (Phi) is 7.64. The molecule has 0 saturated heterocycles. The van der Waals surface area contributed by atoms with Gasteiger partial charge in [0.25, 0.3) is 0 Å². The van der Waals surface area contributed by atoms with E-state index in [-0.39, 0.29) is 47.5 Å². The molecular formula is C10H16F3IN4S. The molecule has 1 aromatic heterocycles. The van der Waals surface area contributed by atoms with Crippen LogP contribution in [0.1, 0.15) is 31.0 Å². The van der Waals surface area contributed by atoms with E-state index < -0.39 is 11.9 Å². The Morgan fingerprint density at radius 3 is 2.68 bits per heavy atom. The highest BCUT2D eigenvalue weighted by Crippen LogP contribution is 2.30. The number of hydrogen-bond donors (Lipinski definition) is 2.